The van der Waals surface area contributed by atoms with E-state index in [0.29, 0.717) is 12.1 Å². The van der Waals surface area contributed by atoms with E-state index in [0.717, 1.165) is 6.07 Å². The van der Waals surface area contributed by atoms with E-state index in [9.17, 15) is 21.6 Å². The van der Waals surface area contributed by atoms with Crippen LogP contribution in [-0.4, -0.2) is 8.42 Å². The number of allylic oxidation sites excluding steroid dienone is 1. The van der Waals surface area contributed by atoms with Crippen molar-refractivity contribution >= 4 is 27.1 Å². The van der Waals surface area contributed by atoms with Gasteiger partial charge in [-0.1, -0.05) is 11.6 Å². The van der Waals surface area contributed by atoms with E-state index in [1.807, 2.05) is 0 Å². The molecule has 1 aliphatic heterocycles. The number of fused-ring (bicyclic) bond motifs is 1. The lowest BCUT2D eigenvalue weighted by atomic mass is 10.2. The molecule has 0 aromatic heterocycles. The van der Waals surface area contributed by atoms with Gasteiger partial charge in [0.1, 0.15) is 11.2 Å². The predicted molar refractivity (Wildman–Crippen MR) is 60.7 cm³/mol. The van der Waals surface area contributed by atoms with Crippen molar-refractivity contribution in [1.82, 2.24) is 0 Å². The summed E-state index contributed by atoms with van der Waals surface area (Å²) in [6, 6.07) is 3.46. The molecule has 0 amide bonds. The quantitative estimate of drug-likeness (QED) is 0.748. The zero-order valence-corrected chi connectivity index (χ0v) is 10.5. The maximum atomic E-state index is 12.5. The number of benzene rings is 1. The molecule has 1 N–H and O–H groups in total. The van der Waals surface area contributed by atoms with E-state index in [1.165, 1.54) is 6.07 Å². The Morgan fingerprint density at radius 1 is 1.32 bits per heavy atom. The first kappa shape index (κ1) is 13.7. The lowest BCUT2D eigenvalue weighted by Gasteiger charge is -2.19. The first-order valence-electron chi connectivity index (χ1n) is 4.71. The molecule has 0 spiro atoms. The van der Waals surface area contributed by atoms with Gasteiger partial charge in [0.05, 0.1) is 16.1 Å². The van der Waals surface area contributed by atoms with Gasteiger partial charge in [-0.3, -0.25) is 0 Å². The Balaban J connectivity index is 2.69. The minimum absolute atomic E-state index is 0.307. The van der Waals surface area contributed by atoms with Crippen LogP contribution in [0.3, 0.4) is 0 Å². The van der Waals surface area contributed by atoms with Crippen molar-refractivity contribution in [2.24, 2.45) is 0 Å². The second kappa shape index (κ2) is 4.15. The molecule has 2 rings (SSSR count). The van der Waals surface area contributed by atoms with Crippen molar-refractivity contribution in [3.05, 3.63) is 33.8 Å². The zero-order valence-electron chi connectivity index (χ0n) is 8.92. The lowest BCUT2D eigenvalue weighted by Crippen LogP contribution is -2.17. The molecule has 19 heavy (non-hydrogen) atoms. The van der Waals surface area contributed by atoms with Crippen LogP contribution in [0.5, 0.6) is 0 Å². The SMILES string of the molecule is N#CC1=C(Cl)Nc2cc(C(F)(F)F)ccc2S1(=O)=O. The Hall–Kier alpha value is -1.72. The number of sulfone groups is 1. The number of alkyl halides is 3. The Morgan fingerprint density at radius 3 is 2.47 bits per heavy atom. The average Bonchev–Trinajstić information content (AvgIpc) is 2.26. The van der Waals surface area contributed by atoms with E-state index in [1.54, 1.807) is 0 Å². The van der Waals surface area contributed by atoms with Crippen molar-refractivity contribution in [3.63, 3.8) is 0 Å². The number of nitrogens with one attached hydrogen (secondary N) is 1. The molecule has 1 heterocycles. The summed E-state index contributed by atoms with van der Waals surface area (Å²) in [6.07, 6.45) is -4.60. The summed E-state index contributed by atoms with van der Waals surface area (Å²) in [7, 11) is -4.19. The number of anilines is 1. The molecule has 9 heteroatoms. The van der Waals surface area contributed by atoms with Crippen LogP contribution in [0.1, 0.15) is 5.56 Å². The van der Waals surface area contributed by atoms with Gasteiger partial charge in [0.25, 0.3) is 0 Å². The van der Waals surface area contributed by atoms with Gasteiger partial charge in [-0.2, -0.15) is 18.4 Å². The molecule has 0 unspecified atom stereocenters. The van der Waals surface area contributed by atoms with Gasteiger partial charge in [-0.15, -0.1) is 0 Å². The van der Waals surface area contributed by atoms with Crippen LogP contribution in [-0.2, 0) is 16.0 Å². The number of hydrogen-bond donors (Lipinski definition) is 1. The van der Waals surface area contributed by atoms with Crippen LogP contribution < -0.4 is 5.32 Å². The van der Waals surface area contributed by atoms with Gasteiger partial charge < -0.3 is 5.32 Å². The summed E-state index contributed by atoms with van der Waals surface area (Å²) in [6.45, 7) is 0. The van der Waals surface area contributed by atoms with Crippen molar-refractivity contribution in [2.45, 2.75) is 11.1 Å². The third-order valence-corrected chi connectivity index (χ3v) is 4.57. The standard InChI is InChI=1S/C10H4ClF3N2O2S/c11-9-8(4-15)19(17,18)7-2-1-5(10(12,13)14)3-6(7)16-9/h1-3,16H. The number of halogens is 4. The highest BCUT2D eigenvalue weighted by Gasteiger charge is 2.36. The maximum absolute atomic E-state index is 12.5. The average molecular weight is 309 g/mol. The minimum atomic E-state index is -4.60. The second-order valence-electron chi connectivity index (χ2n) is 3.59. The van der Waals surface area contributed by atoms with Gasteiger partial charge in [-0.25, -0.2) is 8.42 Å². The highest BCUT2D eigenvalue weighted by Crippen LogP contribution is 2.39. The highest BCUT2D eigenvalue weighted by molar-refractivity contribution is 7.95. The molecule has 1 aromatic carbocycles. The van der Waals surface area contributed by atoms with Crippen LogP contribution in [0.15, 0.2) is 33.2 Å². The Morgan fingerprint density at radius 2 is 1.95 bits per heavy atom. The van der Waals surface area contributed by atoms with E-state index in [2.05, 4.69) is 5.32 Å². The first-order valence-corrected chi connectivity index (χ1v) is 6.57. The molecule has 0 saturated heterocycles. The number of rotatable bonds is 0. The van der Waals surface area contributed by atoms with Crippen molar-refractivity contribution in [2.75, 3.05) is 5.32 Å². The van der Waals surface area contributed by atoms with Crippen LogP contribution in [0, 0.1) is 11.3 Å². The minimum Gasteiger partial charge on any atom is -0.343 e. The van der Waals surface area contributed by atoms with Gasteiger partial charge in [-0.05, 0) is 18.2 Å². The van der Waals surface area contributed by atoms with Crippen LogP contribution in [0.2, 0.25) is 0 Å². The highest BCUT2D eigenvalue weighted by atomic mass is 35.5. The van der Waals surface area contributed by atoms with Crippen LogP contribution >= 0.6 is 11.6 Å². The Labute approximate surface area is 111 Å². The van der Waals surface area contributed by atoms with Crippen LogP contribution in [0.25, 0.3) is 0 Å². The Bertz CT molecular complexity index is 732. The van der Waals surface area contributed by atoms with Gasteiger partial charge >= 0.3 is 6.18 Å². The third-order valence-electron chi connectivity index (χ3n) is 2.41. The van der Waals surface area contributed by atoms with Gasteiger partial charge in [0.15, 0.2) is 4.91 Å². The smallest absolute Gasteiger partial charge is 0.343 e. The summed E-state index contributed by atoms with van der Waals surface area (Å²) >= 11 is 5.55. The fraction of sp³-hybridized carbons (Fsp3) is 0.100. The summed E-state index contributed by atoms with van der Waals surface area (Å²) in [4.78, 5) is -1.14. The molecule has 0 radical (unpaired) electrons. The van der Waals surface area contributed by atoms with Crippen LogP contribution in [0.4, 0.5) is 18.9 Å². The largest absolute Gasteiger partial charge is 0.416 e. The molecule has 0 saturated carbocycles. The molecular formula is C10H4ClF3N2O2S. The zero-order chi connectivity index (χ0) is 14.4. The summed E-state index contributed by atoms with van der Waals surface area (Å²) in [5, 5.41) is 10.5. The number of nitriles is 1. The molecule has 0 atom stereocenters. The summed E-state index contributed by atoms with van der Waals surface area (Å²) in [5.41, 5.74) is -1.32. The number of hydrogen-bond acceptors (Lipinski definition) is 4. The number of nitrogens with zero attached hydrogens (tertiary/aromatic N) is 1. The third kappa shape index (κ3) is 2.15. The van der Waals surface area contributed by atoms with E-state index < -0.39 is 36.5 Å². The normalized spacial score (nSPS) is 17.4. The van der Waals surface area contributed by atoms with Crippen molar-refractivity contribution < 1.29 is 21.6 Å². The fourth-order valence-electron chi connectivity index (χ4n) is 1.55. The predicted octanol–water partition coefficient (Wildman–Crippen LogP) is 2.84. The van der Waals surface area contributed by atoms with E-state index in [4.69, 9.17) is 16.9 Å². The second-order valence-corrected chi connectivity index (χ2v) is 5.82. The van der Waals surface area contributed by atoms with E-state index >= 15 is 0 Å². The summed E-state index contributed by atoms with van der Waals surface area (Å²) < 4.78 is 61.4. The molecule has 0 aliphatic carbocycles. The molecular weight excluding hydrogens is 305 g/mol. The fourth-order valence-corrected chi connectivity index (χ4v) is 3.27. The lowest BCUT2D eigenvalue weighted by molar-refractivity contribution is -0.137. The van der Waals surface area contributed by atoms with Gasteiger partial charge in [0.2, 0.25) is 9.84 Å². The molecule has 1 aromatic rings. The van der Waals surface area contributed by atoms with Crippen molar-refractivity contribution in [1.29, 1.82) is 5.26 Å². The topological polar surface area (TPSA) is 70.0 Å². The monoisotopic (exact) mass is 308 g/mol. The Kier molecular flexibility index (Phi) is 2.99. The first-order chi connectivity index (χ1) is 8.67. The molecule has 0 fully saturated rings. The molecule has 1 aliphatic rings. The molecule has 100 valence electrons. The van der Waals surface area contributed by atoms with Crippen molar-refractivity contribution in [3.8, 4) is 6.07 Å². The summed E-state index contributed by atoms with van der Waals surface area (Å²) in [5.74, 6) is 0. The molecule has 0 bridgehead atoms. The maximum Gasteiger partial charge on any atom is 0.416 e. The molecule has 4 nitrogen and oxygen atoms in total. The van der Waals surface area contributed by atoms with Gasteiger partial charge in [0, 0.05) is 0 Å². The van der Waals surface area contributed by atoms with E-state index in [-0.39, 0.29) is 5.69 Å².